The van der Waals surface area contributed by atoms with Crippen molar-refractivity contribution in [3.05, 3.63) is 60.2 Å². The molecule has 1 aliphatic carbocycles. The van der Waals surface area contributed by atoms with Crippen LogP contribution < -0.4 is 10.1 Å². The van der Waals surface area contributed by atoms with Crippen molar-refractivity contribution >= 4 is 17.0 Å². The van der Waals surface area contributed by atoms with Crippen molar-refractivity contribution in [2.75, 3.05) is 12.4 Å². The minimum atomic E-state index is 0.419. The van der Waals surface area contributed by atoms with Crippen molar-refractivity contribution in [2.45, 2.75) is 44.7 Å². The fourth-order valence-corrected chi connectivity index (χ4v) is 4.12. The maximum absolute atomic E-state index is 5.26. The third-order valence-electron chi connectivity index (χ3n) is 5.83. The van der Waals surface area contributed by atoms with E-state index in [0.717, 1.165) is 46.7 Å². The molecule has 0 aliphatic heterocycles. The Morgan fingerprint density at radius 2 is 1.74 bits per heavy atom. The van der Waals surface area contributed by atoms with Crippen LogP contribution in [0.1, 0.15) is 37.7 Å². The summed E-state index contributed by atoms with van der Waals surface area (Å²) < 4.78 is 7.11. The first-order chi connectivity index (χ1) is 15.3. The average molecular weight is 415 g/mol. The van der Waals surface area contributed by atoms with Gasteiger partial charge < -0.3 is 10.1 Å². The topological polar surface area (TPSA) is 77.8 Å². The summed E-state index contributed by atoms with van der Waals surface area (Å²) in [5.74, 6) is 2.29. The predicted octanol–water partition coefficient (Wildman–Crippen LogP) is 4.69. The average Bonchev–Trinajstić information content (AvgIpc) is 3.24. The molecule has 0 unspecified atom stereocenters. The molecule has 0 spiro atoms. The summed E-state index contributed by atoms with van der Waals surface area (Å²) in [6.45, 7) is 0.578. The van der Waals surface area contributed by atoms with Crippen LogP contribution in [0.4, 0.5) is 5.82 Å². The monoisotopic (exact) mass is 414 g/mol. The largest absolute Gasteiger partial charge is 0.497 e. The van der Waals surface area contributed by atoms with Gasteiger partial charge in [-0.1, -0.05) is 66.9 Å². The molecule has 1 fully saturated rings. The van der Waals surface area contributed by atoms with Gasteiger partial charge in [0.15, 0.2) is 22.8 Å². The highest BCUT2D eigenvalue weighted by atomic mass is 16.5. The lowest BCUT2D eigenvalue weighted by molar-refractivity contribution is 0.414. The normalized spacial score (nSPS) is 14.6. The first-order valence-corrected chi connectivity index (χ1v) is 10.9. The smallest absolute Gasteiger partial charge is 0.184 e. The minimum absolute atomic E-state index is 0.419. The second kappa shape index (κ2) is 8.71. The Morgan fingerprint density at radius 1 is 0.968 bits per heavy atom. The van der Waals surface area contributed by atoms with E-state index in [1.807, 2.05) is 59.3 Å². The van der Waals surface area contributed by atoms with Gasteiger partial charge >= 0.3 is 0 Å². The molecule has 0 atom stereocenters. The lowest BCUT2D eigenvalue weighted by atomic mass is 9.95. The molecule has 2 heterocycles. The van der Waals surface area contributed by atoms with Gasteiger partial charge in [0.05, 0.1) is 13.7 Å². The number of ether oxygens (including phenoxy) is 1. The van der Waals surface area contributed by atoms with Crippen LogP contribution in [-0.4, -0.2) is 38.1 Å². The molecule has 1 N–H and O–H groups in total. The highest BCUT2D eigenvalue weighted by Gasteiger charge is 2.20. The van der Waals surface area contributed by atoms with Gasteiger partial charge in [-0.05, 0) is 30.5 Å². The minimum Gasteiger partial charge on any atom is -0.497 e. The number of methoxy groups -OCH3 is 1. The molecular weight excluding hydrogens is 388 g/mol. The molecule has 2 aromatic carbocycles. The van der Waals surface area contributed by atoms with Crippen molar-refractivity contribution < 1.29 is 4.74 Å². The molecule has 1 saturated carbocycles. The number of nitrogens with zero attached hydrogens (tertiary/aromatic N) is 5. The molecule has 1 aliphatic rings. The molecule has 0 amide bonds. The number of aromatic nitrogens is 5. The van der Waals surface area contributed by atoms with E-state index in [1.165, 1.54) is 19.3 Å². The van der Waals surface area contributed by atoms with E-state index in [9.17, 15) is 0 Å². The zero-order valence-electron chi connectivity index (χ0n) is 17.7. The molecule has 0 saturated heterocycles. The van der Waals surface area contributed by atoms with E-state index in [0.29, 0.717) is 18.4 Å². The predicted molar refractivity (Wildman–Crippen MR) is 121 cm³/mol. The lowest BCUT2D eigenvalue weighted by Gasteiger charge is -2.23. The third-order valence-corrected chi connectivity index (χ3v) is 5.83. The number of hydrogen-bond acceptors (Lipinski definition) is 6. The molecule has 7 heteroatoms. The van der Waals surface area contributed by atoms with Gasteiger partial charge in [-0.2, -0.15) is 0 Å². The first-order valence-electron chi connectivity index (χ1n) is 10.9. The number of anilines is 1. The molecule has 158 valence electrons. The first kappa shape index (κ1) is 19.5. The number of nitrogens with one attached hydrogen (secondary N) is 1. The van der Waals surface area contributed by atoms with Gasteiger partial charge in [0.25, 0.3) is 0 Å². The fraction of sp³-hybridized carbons (Fsp3) is 0.333. The third kappa shape index (κ3) is 4.21. The molecule has 5 rings (SSSR count). The summed E-state index contributed by atoms with van der Waals surface area (Å²) >= 11 is 0. The van der Waals surface area contributed by atoms with Gasteiger partial charge in [-0.25, -0.2) is 14.6 Å². The molecule has 0 radical (unpaired) electrons. The molecule has 7 nitrogen and oxygen atoms in total. The number of hydrogen-bond donors (Lipinski definition) is 1. The van der Waals surface area contributed by atoms with Crippen LogP contribution in [-0.2, 0) is 6.54 Å². The van der Waals surface area contributed by atoms with Gasteiger partial charge in [0.1, 0.15) is 5.75 Å². The molecule has 0 bridgehead atoms. The van der Waals surface area contributed by atoms with Crippen LogP contribution in [0, 0.1) is 0 Å². The SMILES string of the molecule is COc1ccc(Cn2nnc3c(NC4CCCCC4)nc(-c4ccccc4)nc32)cc1. The summed E-state index contributed by atoms with van der Waals surface area (Å²) in [5.41, 5.74) is 3.55. The summed E-state index contributed by atoms with van der Waals surface area (Å²) in [6, 6.07) is 18.5. The summed E-state index contributed by atoms with van der Waals surface area (Å²) in [5, 5.41) is 12.5. The van der Waals surface area contributed by atoms with Crippen molar-refractivity contribution in [1.82, 2.24) is 25.0 Å². The molecule has 2 aromatic heterocycles. The number of fused-ring (bicyclic) bond motifs is 1. The second-order valence-electron chi connectivity index (χ2n) is 8.01. The van der Waals surface area contributed by atoms with Crippen LogP contribution in [0.2, 0.25) is 0 Å². The number of benzene rings is 2. The van der Waals surface area contributed by atoms with Crippen LogP contribution in [0.25, 0.3) is 22.6 Å². The van der Waals surface area contributed by atoms with Gasteiger partial charge in [-0.3, -0.25) is 0 Å². The van der Waals surface area contributed by atoms with Crippen LogP contribution in [0.3, 0.4) is 0 Å². The second-order valence-corrected chi connectivity index (χ2v) is 8.01. The van der Waals surface area contributed by atoms with Gasteiger partial charge in [0.2, 0.25) is 0 Å². The highest BCUT2D eigenvalue weighted by molar-refractivity contribution is 5.84. The summed E-state index contributed by atoms with van der Waals surface area (Å²) in [4.78, 5) is 9.70. The zero-order valence-corrected chi connectivity index (χ0v) is 17.7. The van der Waals surface area contributed by atoms with Crippen LogP contribution >= 0.6 is 0 Å². The maximum Gasteiger partial charge on any atom is 0.184 e. The lowest BCUT2D eigenvalue weighted by Crippen LogP contribution is -2.23. The highest BCUT2D eigenvalue weighted by Crippen LogP contribution is 2.27. The van der Waals surface area contributed by atoms with Crippen molar-refractivity contribution in [3.8, 4) is 17.1 Å². The van der Waals surface area contributed by atoms with Crippen LogP contribution in [0.5, 0.6) is 5.75 Å². The van der Waals surface area contributed by atoms with Crippen LogP contribution in [0.15, 0.2) is 54.6 Å². The zero-order chi connectivity index (χ0) is 21.0. The van der Waals surface area contributed by atoms with E-state index < -0.39 is 0 Å². The van der Waals surface area contributed by atoms with Crippen molar-refractivity contribution in [2.24, 2.45) is 0 Å². The Labute approximate surface area is 181 Å². The Bertz CT molecular complexity index is 1150. The Morgan fingerprint density at radius 3 is 2.48 bits per heavy atom. The van der Waals surface area contributed by atoms with E-state index in [-0.39, 0.29) is 0 Å². The molecule has 4 aromatic rings. The summed E-state index contributed by atoms with van der Waals surface area (Å²) in [6.07, 6.45) is 6.13. The number of rotatable bonds is 6. The Kier molecular flexibility index (Phi) is 5.48. The van der Waals surface area contributed by atoms with E-state index in [4.69, 9.17) is 14.7 Å². The van der Waals surface area contributed by atoms with E-state index in [1.54, 1.807) is 7.11 Å². The van der Waals surface area contributed by atoms with E-state index in [2.05, 4.69) is 15.6 Å². The van der Waals surface area contributed by atoms with Crippen molar-refractivity contribution in [3.63, 3.8) is 0 Å². The summed E-state index contributed by atoms with van der Waals surface area (Å²) in [7, 11) is 1.67. The molecular formula is C24H26N6O. The van der Waals surface area contributed by atoms with Gasteiger partial charge in [0, 0.05) is 11.6 Å². The molecule has 31 heavy (non-hydrogen) atoms. The van der Waals surface area contributed by atoms with Gasteiger partial charge in [-0.15, -0.1) is 5.10 Å². The quantitative estimate of drug-likeness (QED) is 0.493. The Hall–Kier alpha value is -3.48. The van der Waals surface area contributed by atoms with E-state index >= 15 is 0 Å². The Balaban J connectivity index is 1.54. The standard InChI is InChI=1S/C24H26N6O/c1-31-20-14-12-17(13-15-20)16-30-24-21(28-29-30)23(25-19-10-6-3-7-11-19)26-22(27-24)18-8-4-2-5-9-18/h2,4-5,8-9,12-15,19H,3,6-7,10-11,16H2,1H3,(H,25,26,27). The van der Waals surface area contributed by atoms with Crippen molar-refractivity contribution in [1.29, 1.82) is 0 Å². The maximum atomic E-state index is 5.26. The fourth-order valence-electron chi connectivity index (χ4n) is 4.12.